The van der Waals surface area contributed by atoms with Gasteiger partial charge in [-0.3, -0.25) is 4.90 Å². The summed E-state index contributed by atoms with van der Waals surface area (Å²) in [6, 6.07) is 8.42. The van der Waals surface area contributed by atoms with Crippen LogP contribution in [0.3, 0.4) is 0 Å². The predicted molar refractivity (Wildman–Crippen MR) is 91.8 cm³/mol. The molecule has 0 saturated heterocycles. The molecule has 0 aliphatic carbocycles. The van der Waals surface area contributed by atoms with E-state index in [4.69, 9.17) is 5.73 Å². The smallest absolute Gasteiger partial charge is 0.0304 e. The van der Waals surface area contributed by atoms with Gasteiger partial charge in [0.05, 0.1) is 0 Å². The van der Waals surface area contributed by atoms with Crippen molar-refractivity contribution in [3.8, 4) is 0 Å². The normalized spacial score (nSPS) is 14.5. The van der Waals surface area contributed by atoms with Gasteiger partial charge in [-0.25, -0.2) is 0 Å². The SMILES string of the molecule is CCCCCCC(C)(CN)N(C)Cc1ccccc1Br. The van der Waals surface area contributed by atoms with Crippen LogP contribution >= 0.6 is 15.9 Å². The lowest BCUT2D eigenvalue weighted by Gasteiger charge is -2.38. The Labute approximate surface area is 132 Å². The first-order valence-corrected chi connectivity index (χ1v) is 8.47. The van der Waals surface area contributed by atoms with Gasteiger partial charge in [0.1, 0.15) is 0 Å². The zero-order chi connectivity index (χ0) is 15.0. The Bertz CT molecular complexity index is 394. The predicted octanol–water partition coefficient (Wildman–Crippen LogP) is 4.57. The number of hydrogen-bond donors (Lipinski definition) is 1. The van der Waals surface area contributed by atoms with E-state index in [1.807, 2.05) is 0 Å². The molecule has 2 N–H and O–H groups in total. The highest BCUT2D eigenvalue weighted by Crippen LogP contribution is 2.25. The second-order valence-corrected chi connectivity index (χ2v) is 6.81. The molecule has 2 nitrogen and oxygen atoms in total. The van der Waals surface area contributed by atoms with Crippen molar-refractivity contribution in [3.05, 3.63) is 34.3 Å². The second kappa shape index (κ2) is 8.81. The van der Waals surface area contributed by atoms with Gasteiger partial charge in [0.2, 0.25) is 0 Å². The molecule has 0 aromatic heterocycles. The molecule has 0 heterocycles. The minimum atomic E-state index is 0.0863. The molecule has 1 atom stereocenters. The number of rotatable bonds is 9. The maximum atomic E-state index is 6.06. The average Bonchev–Trinajstić information content (AvgIpc) is 2.45. The summed E-state index contributed by atoms with van der Waals surface area (Å²) < 4.78 is 1.18. The first-order valence-electron chi connectivity index (χ1n) is 7.68. The molecule has 0 bridgehead atoms. The topological polar surface area (TPSA) is 29.3 Å². The number of hydrogen-bond acceptors (Lipinski definition) is 2. The number of nitrogens with two attached hydrogens (primary N) is 1. The number of likely N-dealkylation sites (N-methyl/N-ethyl adjacent to an activating group) is 1. The molecule has 0 aliphatic heterocycles. The van der Waals surface area contributed by atoms with E-state index in [9.17, 15) is 0 Å². The van der Waals surface area contributed by atoms with Crippen molar-refractivity contribution in [1.82, 2.24) is 4.90 Å². The fourth-order valence-electron chi connectivity index (χ4n) is 2.45. The zero-order valence-electron chi connectivity index (χ0n) is 13.2. The molecule has 1 unspecified atom stereocenters. The van der Waals surface area contributed by atoms with Gasteiger partial charge in [0.15, 0.2) is 0 Å². The fraction of sp³-hybridized carbons (Fsp3) is 0.647. The minimum Gasteiger partial charge on any atom is -0.329 e. The standard InChI is InChI=1S/C17H29BrN2/c1-4-5-6-9-12-17(2,14-19)20(3)13-15-10-7-8-11-16(15)18/h7-8,10-11H,4-6,9,12-14,19H2,1-3H3. The van der Waals surface area contributed by atoms with Crippen molar-refractivity contribution in [3.63, 3.8) is 0 Å². The van der Waals surface area contributed by atoms with Crippen molar-refractivity contribution >= 4 is 15.9 Å². The van der Waals surface area contributed by atoms with Crippen molar-refractivity contribution in [2.75, 3.05) is 13.6 Å². The van der Waals surface area contributed by atoms with Crippen LogP contribution in [0.15, 0.2) is 28.7 Å². The molecule has 1 aromatic rings. The molecule has 0 fully saturated rings. The molecule has 20 heavy (non-hydrogen) atoms. The summed E-state index contributed by atoms with van der Waals surface area (Å²) in [6.45, 7) is 6.18. The van der Waals surface area contributed by atoms with E-state index in [0.29, 0.717) is 6.54 Å². The van der Waals surface area contributed by atoms with E-state index < -0.39 is 0 Å². The van der Waals surface area contributed by atoms with Gasteiger partial charge in [-0.2, -0.15) is 0 Å². The van der Waals surface area contributed by atoms with Crippen LogP contribution < -0.4 is 5.73 Å². The number of halogens is 1. The third kappa shape index (κ3) is 5.19. The highest BCUT2D eigenvalue weighted by Gasteiger charge is 2.27. The third-order valence-corrected chi connectivity index (χ3v) is 5.07. The van der Waals surface area contributed by atoms with E-state index in [-0.39, 0.29) is 5.54 Å². The molecule has 1 rings (SSSR count). The van der Waals surface area contributed by atoms with E-state index >= 15 is 0 Å². The van der Waals surface area contributed by atoms with Gasteiger partial charge < -0.3 is 5.73 Å². The Morgan fingerprint density at radius 3 is 2.50 bits per heavy atom. The molecule has 0 aliphatic rings. The summed E-state index contributed by atoms with van der Waals surface area (Å²) in [5, 5.41) is 0. The highest BCUT2D eigenvalue weighted by molar-refractivity contribution is 9.10. The Morgan fingerprint density at radius 2 is 1.90 bits per heavy atom. The largest absolute Gasteiger partial charge is 0.329 e. The van der Waals surface area contributed by atoms with Gasteiger partial charge in [0, 0.05) is 23.1 Å². The molecule has 3 heteroatoms. The molecular formula is C17H29BrN2. The summed E-state index contributed by atoms with van der Waals surface area (Å²) in [5.41, 5.74) is 7.47. The fourth-order valence-corrected chi connectivity index (χ4v) is 2.86. The molecule has 0 saturated carbocycles. The lowest BCUT2D eigenvalue weighted by atomic mass is 9.92. The number of nitrogens with zero attached hydrogens (tertiary/aromatic N) is 1. The van der Waals surface area contributed by atoms with Crippen LogP contribution in [0.25, 0.3) is 0 Å². The summed E-state index contributed by atoms with van der Waals surface area (Å²) >= 11 is 3.63. The molecule has 0 spiro atoms. The molecule has 0 radical (unpaired) electrons. The van der Waals surface area contributed by atoms with Crippen LogP contribution in [-0.4, -0.2) is 24.0 Å². The minimum absolute atomic E-state index is 0.0863. The van der Waals surface area contributed by atoms with Gasteiger partial charge in [0.25, 0.3) is 0 Å². The van der Waals surface area contributed by atoms with Crippen LogP contribution in [-0.2, 0) is 6.54 Å². The average molecular weight is 341 g/mol. The van der Waals surface area contributed by atoms with E-state index in [1.165, 1.54) is 42.1 Å². The summed E-state index contributed by atoms with van der Waals surface area (Å²) in [7, 11) is 2.19. The van der Waals surface area contributed by atoms with Gasteiger partial charge in [-0.1, -0.05) is 66.7 Å². The number of unbranched alkanes of at least 4 members (excludes halogenated alkanes) is 3. The van der Waals surface area contributed by atoms with E-state index in [1.54, 1.807) is 0 Å². The Morgan fingerprint density at radius 1 is 1.20 bits per heavy atom. The molecule has 114 valence electrons. The summed E-state index contributed by atoms with van der Waals surface area (Å²) in [4.78, 5) is 2.40. The maximum Gasteiger partial charge on any atom is 0.0304 e. The monoisotopic (exact) mass is 340 g/mol. The van der Waals surface area contributed by atoms with Gasteiger partial charge in [-0.05, 0) is 32.0 Å². The number of benzene rings is 1. The Kier molecular flexibility index (Phi) is 7.78. The van der Waals surface area contributed by atoms with E-state index in [0.717, 1.165) is 6.54 Å². The molecular weight excluding hydrogens is 312 g/mol. The van der Waals surface area contributed by atoms with Crippen molar-refractivity contribution < 1.29 is 0 Å². The van der Waals surface area contributed by atoms with E-state index in [2.05, 4.69) is 66.0 Å². The first-order chi connectivity index (χ1) is 9.53. The van der Waals surface area contributed by atoms with Crippen LogP contribution in [0.4, 0.5) is 0 Å². The van der Waals surface area contributed by atoms with Gasteiger partial charge in [-0.15, -0.1) is 0 Å². The lowest BCUT2D eigenvalue weighted by molar-refractivity contribution is 0.122. The maximum absolute atomic E-state index is 6.06. The summed E-state index contributed by atoms with van der Waals surface area (Å²) in [5.74, 6) is 0. The van der Waals surface area contributed by atoms with Crippen molar-refractivity contribution in [2.24, 2.45) is 5.73 Å². The van der Waals surface area contributed by atoms with Crippen LogP contribution in [0, 0.1) is 0 Å². The third-order valence-electron chi connectivity index (χ3n) is 4.30. The first kappa shape index (κ1) is 17.7. The Hall–Kier alpha value is -0.380. The van der Waals surface area contributed by atoms with Crippen LogP contribution in [0.5, 0.6) is 0 Å². The Balaban J connectivity index is 2.61. The van der Waals surface area contributed by atoms with Crippen molar-refractivity contribution in [2.45, 2.75) is 58.0 Å². The highest BCUT2D eigenvalue weighted by atomic mass is 79.9. The quantitative estimate of drug-likeness (QED) is 0.667. The second-order valence-electron chi connectivity index (χ2n) is 5.96. The van der Waals surface area contributed by atoms with Gasteiger partial charge >= 0.3 is 0 Å². The molecule has 1 aromatic carbocycles. The van der Waals surface area contributed by atoms with Crippen molar-refractivity contribution in [1.29, 1.82) is 0 Å². The summed E-state index contributed by atoms with van der Waals surface area (Å²) in [6.07, 6.45) is 6.36. The van der Waals surface area contributed by atoms with Crippen LogP contribution in [0.2, 0.25) is 0 Å². The lowest BCUT2D eigenvalue weighted by Crippen LogP contribution is -2.49. The zero-order valence-corrected chi connectivity index (χ0v) is 14.7. The molecule has 0 amide bonds. The van der Waals surface area contributed by atoms with Crippen LogP contribution in [0.1, 0.15) is 51.5 Å².